The zero-order chi connectivity index (χ0) is 6.50. The van der Waals surface area contributed by atoms with Gasteiger partial charge in [0, 0.05) is 7.11 Å². The van der Waals surface area contributed by atoms with Crippen LogP contribution in [0, 0.1) is 0 Å². The van der Waals surface area contributed by atoms with Crippen molar-refractivity contribution in [2.45, 2.75) is 0 Å². The topological polar surface area (TPSA) is 101 Å². The standard InChI is InChI=1S/CH4O.Li.H3O4P/c1-2;;1-5(2,3)4/h2H,1H3;;(H3,1,2,3,4)/q;+1;/p-1. The fourth-order valence-electron chi connectivity index (χ4n) is 0. The molecule has 46 valence electrons. The van der Waals surface area contributed by atoms with Crippen molar-refractivity contribution >= 4 is 7.82 Å². The van der Waals surface area contributed by atoms with Crippen LogP contribution in [0.1, 0.15) is 0 Å². The van der Waals surface area contributed by atoms with Crippen LogP contribution in [-0.2, 0) is 4.57 Å². The zero-order valence-corrected chi connectivity index (χ0v) is 5.50. The van der Waals surface area contributed by atoms with Crippen molar-refractivity contribution in [2.75, 3.05) is 7.11 Å². The summed E-state index contributed by atoms with van der Waals surface area (Å²) in [4.78, 5) is 22.9. The van der Waals surface area contributed by atoms with E-state index < -0.39 is 7.82 Å². The average Bonchev–Trinajstić information content (AvgIpc) is 1.36. The summed E-state index contributed by atoms with van der Waals surface area (Å²) >= 11 is 0. The van der Waals surface area contributed by atoms with Crippen molar-refractivity contribution in [3.8, 4) is 0 Å². The maximum atomic E-state index is 8.77. The molecule has 0 atom stereocenters. The van der Waals surface area contributed by atoms with E-state index in [0.717, 1.165) is 7.11 Å². The predicted molar refractivity (Wildman–Crippen MR) is 20.2 cm³/mol. The SMILES string of the molecule is CO.O=P([O-])(O)O.[Li+]. The molecule has 0 heterocycles. The Balaban J connectivity index is -0.0000000750. The minimum atomic E-state index is -4.89. The number of hydrogen-bond donors (Lipinski definition) is 3. The minimum absolute atomic E-state index is 0. The molecule has 0 bridgehead atoms. The number of phosphoric acid groups is 1. The third-order valence-corrected chi connectivity index (χ3v) is 0. The summed E-state index contributed by atoms with van der Waals surface area (Å²) in [5.41, 5.74) is 0. The Bertz CT molecular complexity index is 58.6. The van der Waals surface area contributed by atoms with Crippen molar-refractivity contribution in [3.05, 3.63) is 0 Å². The van der Waals surface area contributed by atoms with E-state index in [9.17, 15) is 0 Å². The van der Waals surface area contributed by atoms with E-state index in [1.54, 1.807) is 0 Å². The van der Waals surface area contributed by atoms with E-state index >= 15 is 0 Å². The van der Waals surface area contributed by atoms with E-state index in [-0.39, 0.29) is 18.9 Å². The van der Waals surface area contributed by atoms with Gasteiger partial charge in [-0.1, -0.05) is 0 Å². The van der Waals surface area contributed by atoms with Gasteiger partial charge in [-0.2, -0.15) is 0 Å². The van der Waals surface area contributed by atoms with Gasteiger partial charge in [-0.25, -0.2) is 0 Å². The van der Waals surface area contributed by atoms with Crippen LogP contribution in [0.25, 0.3) is 0 Å². The van der Waals surface area contributed by atoms with Gasteiger partial charge in [-0.3, -0.25) is 4.57 Å². The second-order valence-corrected chi connectivity index (χ2v) is 1.47. The van der Waals surface area contributed by atoms with E-state index in [2.05, 4.69) is 0 Å². The zero-order valence-electron chi connectivity index (χ0n) is 4.61. The maximum absolute atomic E-state index is 8.77. The molecule has 0 saturated heterocycles. The number of aliphatic hydroxyl groups is 1. The summed E-state index contributed by atoms with van der Waals surface area (Å²) in [5.74, 6) is 0. The van der Waals surface area contributed by atoms with Gasteiger partial charge in [0.2, 0.25) is 0 Å². The molecule has 0 spiro atoms. The minimum Gasteiger partial charge on any atom is -0.756 e. The Kier molecular flexibility index (Phi) is 15.2. The molecule has 0 aromatic carbocycles. The molecule has 0 unspecified atom stereocenters. The van der Waals surface area contributed by atoms with Crippen molar-refractivity contribution in [2.24, 2.45) is 0 Å². The smallest absolute Gasteiger partial charge is 0.756 e. The van der Waals surface area contributed by atoms with E-state index in [1.807, 2.05) is 0 Å². The van der Waals surface area contributed by atoms with Gasteiger partial charge in [-0.05, 0) is 0 Å². The average molecular weight is 136 g/mol. The van der Waals surface area contributed by atoms with Gasteiger partial charge in [0.15, 0.2) is 0 Å². The second-order valence-electron chi connectivity index (χ2n) is 0.491. The van der Waals surface area contributed by atoms with Gasteiger partial charge in [0.05, 0.1) is 0 Å². The Morgan fingerprint density at radius 3 is 1.38 bits per heavy atom. The second kappa shape index (κ2) is 7.67. The molecule has 0 rings (SSSR count). The molecule has 7 heteroatoms. The van der Waals surface area contributed by atoms with E-state index in [4.69, 9.17) is 24.4 Å². The largest absolute Gasteiger partial charge is 1.00 e. The first-order chi connectivity index (χ1) is 3.00. The van der Waals surface area contributed by atoms with Gasteiger partial charge in [-0.15, -0.1) is 0 Å². The molecular weight excluding hydrogens is 130 g/mol. The summed E-state index contributed by atoms with van der Waals surface area (Å²) < 4.78 is 8.77. The third-order valence-electron chi connectivity index (χ3n) is 0. The first-order valence-corrected chi connectivity index (χ1v) is 2.74. The molecule has 0 aromatic heterocycles. The normalized spacial score (nSPS) is 8.12. The molecule has 0 fully saturated rings. The predicted octanol–water partition coefficient (Wildman–Crippen LogP) is -4.95. The molecule has 3 N–H and O–H groups in total. The maximum Gasteiger partial charge on any atom is 1.00 e. The van der Waals surface area contributed by atoms with Crippen LogP contribution < -0.4 is 23.8 Å². The molecule has 0 aromatic rings. The Morgan fingerprint density at radius 2 is 1.38 bits per heavy atom. The summed E-state index contributed by atoms with van der Waals surface area (Å²) in [6.07, 6.45) is 0. The molecule has 0 aliphatic carbocycles. The molecule has 8 heavy (non-hydrogen) atoms. The molecule has 0 aliphatic rings. The monoisotopic (exact) mass is 136 g/mol. The Morgan fingerprint density at radius 1 is 1.38 bits per heavy atom. The van der Waals surface area contributed by atoms with Gasteiger partial charge in [0.25, 0.3) is 7.82 Å². The molecule has 0 aliphatic heterocycles. The summed E-state index contributed by atoms with van der Waals surface area (Å²) in [6.45, 7) is 0. The first kappa shape index (κ1) is 15.9. The molecule has 0 amide bonds. The molecule has 5 nitrogen and oxygen atoms in total. The number of aliphatic hydroxyl groups excluding tert-OH is 1. The Labute approximate surface area is 58.8 Å². The van der Waals surface area contributed by atoms with Gasteiger partial charge in [0.1, 0.15) is 0 Å². The molecule has 0 radical (unpaired) electrons. The van der Waals surface area contributed by atoms with Crippen LogP contribution in [0.3, 0.4) is 0 Å². The van der Waals surface area contributed by atoms with Crippen LogP contribution in [0.15, 0.2) is 0 Å². The van der Waals surface area contributed by atoms with Crippen LogP contribution >= 0.6 is 7.82 Å². The summed E-state index contributed by atoms with van der Waals surface area (Å²) in [6, 6.07) is 0. The van der Waals surface area contributed by atoms with Crippen LogP contribution in [0.4, 0.5) is 0 Å². The van der Waals surface area contributed by atoms with Gasteiger partial charge < -0.3 is 19.8 Å². The summed E-state index contributed by atoms with van der Waals surface area (Å²) in [5, 5.41) is 7.00. The number of hydrogen-bond acceptors (Lipinski definition) is 3. The first-order valence-electron chi connectivity index (χ1n) is 1.21. The fraction of sp³-hybridized carbons (Fsp3) is 1.00. The van der Waals surface area contributed by atoms with Crippen LogP contribution in [0.2, 0.25) is 0 Å². The fourth-order valence-corrected chi connectivity index (χ4v) is 0. The molecular formula is CH6LiO5P. The van der Waals surface area contributed by atoms with Gasteiger partial charge >= 0.3 is 18.9 Å². The quantitative estimate of drug-likeness (QED) is 0.229. The van der Waals surface area contributed by atoms with E-state index in [0.29, 0.717) is 0 Å². The van der Waals surface area contributed by atoms with Crippen molar-refractivity contribution in [3.63, 3.8) is 0 Å². The summed E-state index contributed by atoms with van der Waals surface area (Å²) in [7, 11) is -3.89. The van der Waals surface area contributed by atoms with Crippen LogP contribution in [0.5, 0.6) is 0 Å². The Hall–Kier alpha value is 0.667. The van der Waals surface area contributed by atoms with Crippen molar-refractivity contribution in [1.82, 2.24) is 0 Å². The van der Waals surface area contributed by atoms with Crippen LogP contribution in [-0.4, -0.2) is 22.0 Å². The van der Waals surface area contributed by atoms with E-state index in [1.165, 1.54) is 0 Å². The number of rotatable bonds is 0. The molecule has 0 saturated carbocycles. The van der Waals surface area contributed by atoms with Crippen molar-refractivity contribution < 1.29 is 43.2 Å². The van der Waals surface area contributed by atoms with Crippen molar-refractivity contribution in [1.29, 1.82) is 0 Å². The third kappa shape index (κ3) is 481.